The lowest BCUT2D eigenvalue weighted by Gasteiger charge is -2.26. The van der Waals surface area contributed by atoms with E-state index in [1.54, 1.807) is 6.07 Å². The fourth-order valence-corrected chi connectivity index (χ4v) is 4.31. The number of nitrogens with zero attached hydrogens (tertiary/aromatic N) is 1. The normalized spacial score (nSPS) is 23.1. The molecule has 7 heteroatoms. The van der Waals surface area contributed by atoms with Crippen LogP contribution < -0.4 is 4.72 Å². The van der Waals surface area contributed by atoms with Crippen molar-refractivity contribution < 1.29 is 12.8 Å². The highest BCUT2D eigenvalue weighted by Crippen LogP contribution is 2.36. The SMILES string of the molecule is CCCS(=O)(=O)NC[C@@H]1CCN(C)[C@H]1c1ccc(Cl)c(F)c1. The van der Waals surface area contributed by atoms with E-state index < -0.39 is 15.8 Å². The van der Waals surface area contributed by atoms with Gasteiger partial charge in [0.15, 0.2) is 0 Å². The Morgan fingerprint density at radius 3 is 2.82 bits per heavy atom. The van der Waals surface area contributed by atoms with Gasteiger partial charge in [-0.3, -0.25) is 4.90 Å². The van der Waals surface area contributed by atoms with Crippen LogP contribution in [0, 0.1) is 11.7 Å². The van der Waals surface area contributed by atoms with Crippen LogP contribution in [0.3, 0.4) is 0 Å². The fraction of sp³-hybridized carbons (Fsp3) is 0.600. The van der Waals surface area contributed by atoms with E-state index in [1.165, 1.54) is 6.07 Å². The van der Waals surface area contributed by atoms with E-state index in [1.807, 2.05) is 20.0 Å². The minimum absolute atomic E-state index is 0.00362. The predicted molar refractivity (Wildman–Crippen MR) is 87.0 cm³/mol. The van der Waals surface area contributed by atoms with Crippen LogP contribution in [0.15, 0.2) is 18.2 Å². The molecule has 0 saturated carbocycles. The molecule has 1 aromatic carbocycles. The third-order valence-corrected chi connectivity index (χ3v) is 5.96. The van der Waals surface area contributed by atoms with Gasteiger partial charge in [0.2, 0.25) is 10.0 Å². The molecule has 2 rings (SSSR count). The molecule has 1 N–H and O–H groups in total. The van der Waals surface area contributed by atoms with Gasteiger partial charge in [0.05, 0.1) is 10.8 Å². The first-order valence-corrected chi connectivity index (χ1v) is 9.49. The zero-order valence-electron chi connectivity index (χ0n) is 12.9. The Morgan fingerprint density at radius 1 is 1.45 bits per heavy atom. The summed E-state index contributed by atoms with van der Waals surface area (Å²) in [4.78, 5) is 2.13. The zero-order chi connectivity index (χ0) is 16.3. The molecule has 0 aromatic heterocycles. The van der Waals surface area contributed by atoms with E-state index in [-0.39, 0.29) is 22.7 Å². The monoisotopic (exact) mass is 348 g/mol. The molecule has 1 heterocycles. The molecule has 22 heavy (non-hydrogen) atoms. The van der Waals surface area contributed by atoms with Gasteiger partial charge in [-0.25, -0.2) is 17.5 Å². The molecule has 124 valence electrons. The second-order valence-corrected chi connectivity index (χ2v) is 8.15. The zero-order valence-corrected chi connectivity index (χ0v) is 14.4. The van der Waals surface area contributed by atoms with E-state index in [4.69, 9.17) is 11.6 Å². The van der Waals surface area contributed by atoms with Crippen molar-refractivity contribution in [3.05, 3.63) is 34.6 Å². The van der Waals surface area contributed by atoms with Gasteiger partial charge in [0.1, 0.15) is 5.82 Å². The van der Waals surface area contributed by atoms with Crippen LogP contribution in [0.25, 0.3) is 0 Å². The summed E-state index contributed by atoms with van der Waals surface area (Å²) in [5.41, 5.74) is 0.835. The summed E-state index contributed by atoms with van der Waals surface area (Å²) in [6.07, 6.45) is 1.46. The van der Waals surface area contributed by atoms with Gasteiger partial charge in [-0.05, 0) is 50.0 Å². The quantitative estimate of drug-likeness (QED) is 0.860. The molecule has 0 unspecified atom stereocenters. The standard InChI is InChI=1S/C15H22ClFN2O2S/c1-3-8-22(20,21)18-10-12-6-7-19(2)15(12)11-4-5-13(16)14(17)9-11/h4-5,9,12,15,18H,3,6-8,10H2,1-2H3/t12-,15-/m0/s1. The van der Waals surface area contributed by atoms with Gasteiger partial charge in [0, 0.05) is 12.6 Å². The molecule has 1 aliphatic heterocycles. The van der Waals surface area contributed by atoms with Crippen molar-refractivity contribution in [2.75, 3.05) is 25.9 Å². The molecule has 1 aromatic rings. The van der Waals surface area contributed by atoms with E-state index in [0.717, 1.165) is 18.5 Å². The molecule has 2 atom stereocenters. The highest BCUT2D eigenvalue weighted by atomic mass is 35.5. The lowest BCUT2D eigenvalue weighted by atomic mass is 9.94. The summed E-state index contributed by atoms with van der Waals surface area (Å²) in [6.45, 7) is 3.07. The Balaban J connectivity index is 2.12. The first kappa shape index (κ1) is 17.7. The first-order valence-electron chi connectivity index (χ1n) is 7.46. The number of sulfonamides is 1. The second kappa shape index (κ2) is 7.25. The first-order chi connectivity index (χ1) is 10.3. The van der Waals surface area contributed by atoms with Crippen LogP contribution >= 0.6 is 11.6 Å². The number of halogens is 2. The van der Waals surface area contributed by atoms with Gasteiger partial charge in [-0.1, -0.05) is 24.6 Å². The molecule has 1 saturated heterocycles. The molecule has 0 spiro atoms. The maximum Gasteiger partial charge on any atom is 0.211 e. The average molecular weight is 349 g/mol. The fourth-order valence-electron chi connectivity index (χ4n) is 3.04. The highest BCUT2D eigenvalue weighted by molar-refractivity contribution is 7.89. The van der Waals surface area contributed by atoms with Crippen LogP contribution in [-0.2, 0) is 10.0 Å². The smallest absolute Gasteiger partial charge is 0.211 e. The Morgan fingerprint density at radius 2 is 2.18 bits per heavy atom. The molecule has 0 amide bonds. The van der Waals surface area contributed by atoms with E-state index in [2.05, 4.69) is 9.62 Å². The van der Waals surface area contributed by atoms with Crippen LogP contribution in [0.2, 0.25) is 5.02 Å². The van der Waals surface area contributed by atoms with Crippen LogP contribution in [-0.4, -0.2) is 39.2 Å². The van der Waals surface area contributed by atoms with Crippen LogP contribution in [0.5, 0.6) is 0 Å². The van der Waals surface area contributed by atoms with E-state index in [9.17, 15) is 12.8 Å². The molecule has 0 aliphatic carbocycles. The van der Waals surface area contributed by atoms with Gasteiger partial charge in [0.25, 0.3) is 0 Å². The van der Waals surface area contributed by atoms with Crippen LogP contribution in [0.4, 0.5) is 4.39 Å². The van der Waals surface area contributed by atoms with Gasteiger partial charge in [-0.2, -0.15) is 0 Å². The number of hydrogen-bond acceptors (Lipinski definition) is 3. The van der Waals surface area contributed by atoms with Crippen molar-refractivity contribution >= 4 is 21.6 Å². The molecule has 4 nitrogen and oxygen atoms in total. The van der Waals surface area contributed by atoms with Gasteiger partial charge < -0.3 is 0 Å². The molecule has 0 radical (unpaired) electrons. The van der Waals surface area contributed by atoms with Gasteiger partial charge >= 0.3 is 0 Å². The van der Waals surface area contributed by atoms with Crippen molar-refractivity contribution in [2.24, 2.45) is 5.92 Å². The van der Waals surface area contributed by atoms with E-state index >= 15 is 0 Å². The maximum atomic E-state index is 13.7. The maximum absolute atomic E-state index is 13.7. The molecule has 1 aliphatic rings. The summed E-state index contributed by atoms with van der Waals surface area (Å²) < 4.78 is 40.0. The van der Waals surface area contributed by atoms with E-state index in [0.29, 0.717) is 13.0 Å². The highest BCUT2D eigenvalue weighted by Gasteiger charge is 2.33. The third-order valence-electron chi connectivity index (χ3n) is 4.10. The number of benzene rings is 1. The van der Waals surface area contributed by atoms with Gasteiger partial charge in [-0.15, -0.1) is 0 Å². The summed E-state index contributed by atoms with van der Waals surface area (Å²) >= 11 is 5.74. The largest absolute Gasteiger partial charge is 0.299 e. The predicted octanol–water partition coefficient (Wildman–Crippen LogP) is 2.80. The number of nitrogens with one attached hydrogen (secondary N) is 1. The summed E-state index contributed by atoms with van der Waals surface area (Å²) in [5, 5.41) is 0.101. The Labute approximate surface area is 136 Å². The molecule has 0 bridgehead atoms. The van der Waals surface area contributed by atoms with Crippen LogP contribution in [0.1, 0.15) is 31.4 Å². The molecule has 1 fully saturated rings. The lowest BCUT2D eigenvalue weighted by Crippen LogP contribution is -2.33. The lowest BCUT2D eigenvalue weighted by molar-refractivity contribution is 0.276. The summed E-state index contributed by atoms with van der Waals surface area (Å²) in [6, 6.07) is 4.81. The Hall–Kier alpha value is -0.690. The topological polar surface area (TPSA) is 49.4 Å². The van der Waals surface area contributed by atoms with Crippen molar-refractivity contribution in [1.82, 2.24) is 9.62 Å². The number of hydrogen-bond donors (Lipinski definition) is 1. The van der Waals surface area contributed by atoms with Crippen molar-refractivity contribution in [1.29, 1.82) is 0 Å². The second-order valence-electron chi connectivity index (χ2n) is 5.82. The molecular formula is C15H22ClFN2O2S. The minimum atomic E-state index is -3.22. The molecular weight excluding hydrogens is 327 g/mol. The Bertz CT molecular complexity index is 624. The van der Waals surface area contributed by atoms with Crippen molar-refractivity contribution in [3.63, 3.8) is 0 Å². The summed E-state index contributed by atoms with van der Waals surface area (Å²) in [5.74, 6) is -0.183. The minimum Gasteiger partial charge on any atom is -0.299 e. The van der Waals surface area contributed by atoms with Crippen molar-refractivity contribution in [3.8, 4) is 0 Å². The summed E-state index contributed by atoms with van der Waals surface area (Å²) in [7, 11) is -1.25. The number of likely N-dealkylation sites (tertiary alicyclic amines) is 1. The average Bonchev–Trinajstić information content (AvgIpc) is 2.81. The third kappa shape index (κ3) is 4.19. The Kier molecular flexibility index (Phi) is 5.82. The van der Waals surface area contributed by atoms with Crippen molar-refractivity contribution in [2.45, 2.75) is 25.8 Å². The number of rotatable bonds is 6.